The molecule has 1 fully saturated rings. The molecule has 2 unspecified atom stereocenters. The summed E-state index contributed by atoms with van der Waals surface area (Å²) in [6.45, 7) is 5.68. The summed E-state index contributed by atoms with van der Waals surface area (Å²) in [5.74, 6) is 2.09. The molecule has 2 atom stereocenters. The molecule has 5 nitrogen and oxygen atoms in total. The van der Waals surface area contributed by atoms with E-state index < -0.39 is 0 Å². The summed E-state index contributed by atoms with van der Waals surface area (Å²) >= 11 is 0. The van der Waals surface area contributed by atoms with E-state index in [2.05, 4.69) is 20.6 Å². The van der Waals surface area contributed by atoms with Gasteiger partial charge in [0.25, 0.3) is 0 Å². The summed E-state index contributed by atoms with van der Waals surface area (Å²) in [7, 11) is 0. The fraction of sp³-hybridized carbons (Fsp3) is 0.692. The van der Waals surface area contributed by atoms with E-state index in [0.29, 0.717) is 11.9 Å². The topological polar surface area (TPSA) is 70.1 Å². The van der Waals surface area contributed by atoms with E-state index in [1.54, 1.807) is 0 Å². The van der Waals surface area contributed by atoms with Crippen LogP contribution in [-0.2, 0) is 0 Å². The van der Waals surface area contributed by atoms with Crippen LogP contribution in [0.1, 0.15) is 31.9 Å². The molecule has 5 heteroatoms. The smallest absolute Gasteiger partial charge is 0.224 e. The van der Waals surface area contributed by atoms with Crippen molar-refractivity contribution in [2.24, 2.45) is 5.92 Å². The summed E-state index contributed by atoms with van der Waals surface area (Å²) in [4.78, 5) is 8.72. The molecule has 1 saturated carbocycles. The summed E-state index contributed by atoms with van der Waals surface area (Å²) in [6.07, 6.45) is 2.81. The van der Waals surface area contributed by atoms with Crippen molar-refractivity contribution in [3.8, 4) is 0 Å². The van der Waals surface area contributed by atoms with Crippen molar-refractivity contribution in [3.63, 3.8) is 0 Å². The monoisotopic (exact) mass is 250 g/mol. The summed E-state index contributed by atoms with van der Waals surface area (Å²) < 4.78 is 0. The van der Waals surface area contributed by atoms with Crippen molar-refractivity contribution in [2.45, 2.75) is 39.2 Å². The minimum atomic E-state index is -0.110. The Balaban J connectivity index is 1.92. The van der Waals surface area contributed by atoms with Crippen LogP contribution >= 0.6 is 0 Å². The normalized spacial score (nSPS) is 23.1. The molecule has 1 aliphatic rings. The molecule has 1 heterocycles. The Morgan fingerprint density at radius 3 is 2.83 bits per heavy atom. The quantitative estimate of drug-likeness (QED) is 0.743. The lowest BCUT2D eigenvalue weighted by molar-refractivity contribution is 0.178. The Labute approximate surface area is 108 Å². The largest absolute Gasteiger partial charge is 0.393 e. The van der Waals surface area contributed by atoms with E-state index >= 15 is 0 Å². The Morgan fingerprint density at radius 2 is 2.17 bits per heavy atom. The molecule has 18 heavy (non-hydrogen) atoms. The number of aryl methyl sites for hydroxylation is 1. The Hall–Kier alpha value is -1.36. The zero-order chi connectivity index (χ0) is 13.0. The molecule has 3 N–H and O–H groups in total. The zero-order valence-corrected chi connectivity index (χ0v) is 11.1. The van der Waals surface area contributed by atoms with Crippen molar-refractivity contribution in [3.05, 3.63) is 11.8 Å². The van der Waals surface area contributed by atoms with Crippen LogP contribution in [0.2, 0.25) is 0 Å². The Morgan fingerprint density at radius 1 is 1.33 bits per heavy atom. The van der Waals surface area contributed by atoms with Gasteiger partial charge in [0.1, 0.15) is 5.82 Å². The maximum atomic E-state index is 9.49. The van der Waals surface area contributed by atoms with E-state index in [0.717, 1.165) is 43.9 Å². The first-order chi connectivity index (χ1) is 8.67. The first kappa shape index (κ1) is 13.1. The lowest BCUT2D eigenvalue weighted by atomic mass is 10.1. The second kappa shape index (κ2) is 6.00. The van der Waals surface area contributed by atoms with Crippen LogP contribution in [0.15, 0.2) is 6.07 Å². The molecule has 0 saturated heterocycles. The van der Waals surface area contributed by atoms with E-state index in [4.69, 9.17) is 0 Å². The van der Waals surface area contributed by atoms with Gasteiger partial charge in [-0.3, -0.25) is 0 Å². The van der Waals surface area contributed by atoms with Gasteiger partial charge in [0, 0.05) is 24.8 Å². The van der Waals surface area contributed by atoms with E-state index in [9.17, 15) is 5.11 Å². The van der Waals surface area contributed by atoms with Gasteiger partial charge in [-0.1, -0.05) is 0 Å². The van der Waals surface area contributed by atoms with Crippen LogP contribution in [0.4, 0.5) is 11.8 Å². The molecule has 0 bridgehead atoms. The number of aliphatic hydroxyl groups excluding tert-OH is 1. The molecule has 0 radical (unpaired) electrons. The third-order valence-corrected chi connectivity index (χ3v) is 3.27. The molecule has 100 valence electrons. The van der Waals surface area contributed by atoms with Crippen LogP contribution in [0, 0.1) is 12.8 Å². The molecule has 2 rings (SSSR count). The van der Waals surface area contributed by atoms with Gasteiger partial charge in [-0.15, -0.1) is 0 Å². The predicted molar refractivity (Wildman–Crippen MR) is 72.8 cm³/mol. The number of nitrogens with one attached hydrogen (secondary N) is 2. The molecular weight excluding hydrogens is 228 g/mol. The fourth-order valence-corrected chi connectivity index (χ4v) is 2.38. The van der Waals surface area contributed by atoms with Gasteiger partial charge >= 0.3 is 0 Å². The number of anilines is 2. The first-order valence-corrected chi connectivity index (χ1v) is 6.69. The van der Waals surface area contributed by atoms with Gasteiger partial charge in [0.2, 0.25) is 5.95 Å². The van der Waals surface area contributed by atoms with Gasteiger partial charge in [-0.25, -0.2) is 4.98 Å². The fourth-order valence-electron chi connectivity index (χ4n) is 2.38. The van der Waals surface area contributed by atoms with Crippen LogP contribution < -0.4 is 10.6 Å². The summed E-state index contributed by atoms with van der Waals surface area (Å²) in [5, 5.41) is 16.0. The average Bonchev–Trinajstić information content (AvgIpc) is 2.72. The molecule has 1 aliphatic carbocycles. The van der Waals surface area contributed by atoms with Crippen molar-refractivity contribution in [1.82, 2.24) is 9.97 Å². The molecule has 1 aromatic rings. The Bertz CT molecular complexity index is 397. The SMILES string of the molecule is CCNc1nc(C)cc(NCC2CCC(O)C2)n1. The second-order valence-corrected chi connectivity index (χ2v) is 4.96. The third kappa shape index (κ3) is 3.57. The van der Waals surface area contributed by atoms with E-state index in [1.165, 1.54) is 0 Å². The number of rotatable bonds is 5. The lowest BCUT2D eigenvalue weighted by Crippen LogP contribution is -2.14. The van der Waals surface area contributed by atoms with Gasteiger partial charge in [-0.05, 0) is 39.0 Å². The molecule has 0 amide bonds. The van der Waals surface area contributed by atoms with Crippen LogP contribution in [-0.4, -0.2) is 34.3 Å². The highest BCUT2D eigenvalue weighted by atomic mass is 16.3. The van der Waals surface area contributed by atoms with E-state index in [-0.39, 0.29) is 6.10 Å². The zero-order valence-electron chi connectivity index (χ0n) is 11.1. The molecular formula is C13H22N4O. The molecule has 0 spiro atoms. The minimum Gasteiger partial charge on any atom is -0.393 e. The van der Waals surface area contributed by atoms with E-state index in [1.807, 2.05) is 19.9 Å². The van der Waals surface area contributed by atoms with Crippen LogP contribution in [0.25, 0.3) is 0 Å². The van der Waals surface area contributed by atoms with Gasteiger partial charge in [0.05, 0.1) is 6.10 Å². The van der Waals surface area contributed by atoms with Crippen LogP contribution in [0.5, 0.6) is 0 Å². The highest BCUT2D eigenvalue weighted by molar-refractivity contribution is 5.42. The highest BCUT2D eigenvalue weighted by Gasteiger charge is 2.22. The van der Waals surface area contributed by atoms with Crippen LogP contribution in [0.3, 0.4) is 0 Å². The number of aromatic nitrogens is 2. The second-order valence-electron chi connectivity index (χ2n) is 4.96. The standard InChI is InChI=1S/C13H22N4O/c1-3-14-13-16-9(2)6-12(17-13)15-8-10-4-5-11(18)7-10/h6,10-11,18H,3-5,7-8H2,1-2H3,(H2,14,15,16,17). The number of hydrogen-bond donors (Lipinski definition) is 3. The predicted octanol–water partition coefficient (Wildman–Crippen LogP) is 1.79. The summed E-state index contributed by atoms with van der Waals surface area (Å²) in [6, 6.07) is 1.95. The summed E-state index contributed by atoms with van der Waals surface area (Å²) in [5.41, 5.74) is 0.954. The third-order valence-electron chi connectivity index (χ3n) is 3.27. The van der Waals surface area contributed by atoms with Gasteiger partial charge < -0.3 is 15.7 Å². The number of nitrogens with zero attached hydrogens (tertiary/aromatic N) is 2. The van der Waals surface area contributed by atoms with Gasteiger partial charge in [-0.2, -0.15) is 4.98 Å². The average molecular weight is 250 g/mol. The van der Waals surface area contributed by atoms with Gasteiger partial charge in [0.15, 0.2) is 0 Å². The number of aliphatic hydroxyl groups is 1. The maximum absolute atomic E-state index is 9.49. The lowest BCUT2D eigenvalue weighted by Gasteiger charge is -2.12. The van der Waals surface area contributed by atoms with Crippen molar-refractivity contribution in [2.75, 3.05) is 23.7 Å². The van der Waals surface area contributed by atoms with Crippen molar-refractivity contribution < 1.29 is 5.11 Å². The minimum absolute atomic E-state index is 0.110. The number of hydrogen-bond acceptors (Lipinski definition) is 5. The molecule has 0 aromatic carbocycles. The van der Waals surface area contributed by atoms with Crippen molar-refractivity contribution >= 4 is 11.8 Å². The molecule has 0 aliphatic heterocycles. The first-order valence-electron chi connectivity index (χ1n) is 6.69. The van der Waals surface area contributed by atoms with Crippen molar-refractivity contribution in [1.29, 1.82) is 0 Å². The Kier molecular flexibility index (Phi) is 4.36. The highest BCUT2D eigenvalue weighted by Crippen LogP contribution is 2.25. The maximum Gasteiger partial charge on any atom is 0.224 e. The molecule has 1 aromatic heterocycles.